The van der Waals surface area contributed by atoms with Crippen molar-refractivity contribution in [1.82, 2.24) is 14.9 Å². The second-order valence-corrected chi connectivity index (χ2v) is 4.78. The zero-order valence-electron chi connectivity index (χ0n) is 11.5. The summed E-state index contributed by atoms with van der Waals surface area (Å²) in [6.45, 7) is 1.89. The number of halogens is 1. The lowest BCUT2D eigenvalue weighted by Gasteiger charge is -2.08. The number of hydrogen-bond donors (Lipinski definition) is 1. The molecule has 0 amide bonds. The smallest absolute Gasteiger partial charge is 0.123 e. The Labute approximate surface area is 122 Å². The maximum atomic E-state index is 13.2. The van der Waals surface area contributed by atoms with Crippen LogP contribution in [0.15, 0.2) is 59.5 Å². The van der Waals surface area contributed by atoms with Crippen molar-refractivity contribution in [2.24, 2.45) is 0 Å². The van der Waals surface area contributed by atoms with Gasteiger partial charge in [0.05, 0.1) is 19.4 Å². The monoisotopic (exact) mass is 285 g/mol. The summed E-state index contributed by atoms with van der Waals surface area (Å²) < 4.78 is 20.5. The lowest BCUT2D eigenvalue weighted by atomic mass is 10.2. The minimum Gasteiger partial charge on any atom is -0.468 e. The molecule has 0 saturated heterocycles. The number of aromatic nitrogens is 2. The van der Waals surface area contributed by atoms with Crippen molar-refractivity contribution in [2.75, 3.05) is 0 Å². The molecule has 0 aliphatic rings. The standard InChI is InChI=1S/C16H16FN3O/c17-14-4-1-3-13(9-14)12-20-7-6-19-16(20)11-18-10-15-5-2-8-21-15/h1-9,18H,10-12H2. The predicted octanol–water partition coefficient (Wildman–Crippen LogP) is 2.95. The van der Waals surface area contributed by atoms with E-state index in [-0.39, 0.29) is 5.82 Å². The molecule has 4 nitrogen and oxygen atoms in total. The average Bonchev–Trinajstić information content (AvgIpc) is 3.12. The van der Waals surface area contributed by atoms with Gasteiger partial charge in [0, 0.05) is 18.9 Å². The van der Waals surface area contributed by atoms with Crippen LogP contribution in [-0.2, 0) is 19.6 Å². The van der Waals surface area contributed by atoms with Gasteiger partial charge in [-0.1, -0.05) is 12.1 Å². The number of nitrogens with one attached hydrogen (secondary N) is 1. The van der Waals surface area contributed by atoms with Crippen LogP contribution in [-0.4, -0.2) is 9.55 Å². The van der Waals surface area contributed by atoms with E-state index in [1.165, 1.54) is 6.07 Å². The van der Waals surface area contributed by atoms with Gasteiger partial charge in [-0.2, -0.15) is 0 Å². The first-order valence-corrected chi connectivity index (χ1v) is 6.79. The van der Waals surface area contributed by atoms with Crippen LogP contribution in [0, 0.1) is 5.82 Å². The number of nitrogens with zero attached hydrogens (tertiary/aromatic N) is 2. The van der Waals surface area contributed by atoms with Gasteiger partial charge in [0.2, 0.25) is 0 Å². The normalized spacial score (nSPS) is 10.9. The van der Waals surface area contributed by atoms with E-state index in [1.54, 1.807) is 24.6 Å². The van der Waals surface area contributed by atoms with Crippen LogP contribution in [0.25, 0.3) is 0 Å². The molecule has 0 saturated carbocycles. The summed E-state index contributed by atoms with van der Waals surface area (Å²) in [5.41, 5.74) is 0.917. The van der Waals surface area contributed by atoms with Crippen molar-refractivity contribution in [3.05, 3.63) is 78.0 Å². The van der Waals surface area contributed by atoms with E-state index in [0.29, 0.717) is 19.6 Å². The Hall–Kier alpha value is -2.40. The second-order valence-electron chi connectivity index (χ2n) is 4.78. The fraction of sp³-hybridized carbons (Fsp3) is 0.188. The molecule has 0 aliphatic carbocycles. The summed E-state index contributed by atoms with van der Waals surface area (Å²) >= 11 is 0. The molecule has 0 bridgehead atoms. The highest BCUT2D eigenvalue weighted by Gasteiger charge is 2.04. The first-order chi connectivity index (χ1) is 10.3. The van der Waals surface area contributed by atoms with Crippen LogP contribution in [0.2, 0.25) is 0 Å². The van der Waals surface area contributed by atoms with E-state index < -0.39 is 0 Å². The van der Waals surface area contributed by atoms with Crippen molar-refractivity contribution in [1.29, 1.82) is 0 Å². The second kappa shape index (κ2) is 6.37. The molecule has 1 aromatic carbocycles. The van der Waals surface area contributed by atoms with E-state index >= 15 is 0 Å². The molecule has 0 unspecified atom stereocenters. The lowest BCUT2D eigenvalue weighted by Crippen LogP contribution is -2.16. The van der Waals surface area contributed by atoms with Gasteiger partial charge >= 0.3 is 0 Å². The lowest BCUT2D eigenvalue weighted by molar-refractivity contribution is 0.477. The predicted molar refractivity (Wildman–Crippen MR) is 77.0 cm³/mol. The van der Waals surface area contributed by atoms with Gasteiger partial charge < -0.3 is 14.3 Å². The summed E-state index contributed by atoms with van der Waals surface area (Å²) in [4.78, 5) is 4.33. The molecule has 21 heavy (non-hydrogen) atoms. The molecule has 5 heteroatoms. The first-order valence-electron chi connectivity index (χ1n) is 6.79. The Morgan fingerprint density at radius 2 is 2.14 bits per heavy atom. The van der Waals surface area contributed by atoms with Gasteiger partial charge in [-0.25, -0.2) is 9.37 Å². The Morgan fingerprint density at radius 1 is 1.19 bits per heavy atom. The van der Waals surface area contributed by atoms with Crippen LogP contribution in [0.4, 0.5) is 4.39 Å². The Bertz CT molecular complexity index is 691. The average molecular weight is 285 g/mol. The van der Waals surface area contributed by atoms with E-state index in [0.717, 1.165) is 17.1 Å². The third-order valence-corrected chi connectivity index (χ3v) is 3.21. The molecule has 2 aromatic heterocycles. The molecule has 0 fully saturated rings. The highest BCUT2D eigenvalue weighted by Crippen LogP contribution is 2.08. The molecular formula is C16H16FN3O. The number of furan rings is 1. The van der Waals surface area contributed by atoms with E-state index in [9.17, 15) is 4.39 Å². The van der Waals surface area contributed by atoms with Crippen LogP contribution in [0.5, 0.6) is 0 Å². The molecule has 1 N–H and O–H groups in total. The number of imidazole rings is 1. The summed E-state index contributed by atoms with van der Waals surface area (Å²) in [5.74, 6) is 1.58. The van der Waals surface area contributed by atoms with Gasteiger partial charge in [-0.3, -0.25) is 0 Å². The van der Waals surface area contributed by atoms with Crippen LogP contribution < -0.4 is 5.32 Å². The molecule has 0 atom stereocenters. The van der Waals surface area contributed by atoms with Crippen LogP contribution >= 0.6 is 0 Å². The van der Waals surface area contributed by atoms with Gasteiger partial charge in [0.1, 0.15) is 17.4 Å². The first kappa shape index (κ1) is 13.6. The highest BCUT2D eigenvalue weighted by atomic mass is 19.1. The van der Waals surface area contributed by atoms with Crippen LogP contribution in [0.3, 0.4) is 0 Å². The van der Waals surface area contributed by atoms with Gasteiger partial charge in [-0.05, 0) is 29.8 Å². The third kappa shape index (κ3) is 3.58. The maximum absolute atomic E-state index is 13.2. The number of hydrogen-bond acceptors (Lipinski definition) is 3. The zero-order valence-corrected chi connectivity index (χ0v) is 11.5. The minimum atomic E-state index is -0.217. The number of rotatable bonds is 6. The minimum absolute atomic E-state index is 0.217. The van der Waals surface area contributed by atoms with Crippen molar-refractivity contribution in [3.63, 3.8) is 0 Å². The Kier molecular flexibility index (Phi) is 4.12. The quantitative estimate of drug-likeness (QED) is 0.757. The van der Waals surface area contributed by atoms with Crippen LogP contribution in [0.1, 0.15) is 17.1 Å². The molecule has 0 radical (unpaired) electrons. The van der Waals surface area contributed by atoms with E-state index in [4.69, 9.17) is 4.42 Å². The zero-order chi connectivity index (χ0) is 14.5. The summed E-state index contributed by atoms with van der Waals surface area (Å²) in [6.07, 6.45) is 5.31. The molecule has 2 heterocycles. The van der Waals surface area contributed by atoms with E-state index in [2.05, 4.69) is 10.3 Å². The topological polar surface area (TPSA) is 43.0 Å². The fourth-order valence-corrected chi connectivity index (χ4v) is 2.19. The fourth-order valence-electron chi connectivity index (χ4n) is 2.19. The molecule has 3 rings (SSSR count). The van der Waals surface area contributed by atoms with Crippen molar-refractivity contribution >= 4 is 0 Å². The Balaban J connectivity index is 1.61. The van der Waals surface area contributed by atoms with Gasteiger partial charge in [-0.15, -0.1) is 0 Å². The molecule has 3 aromatic rings. The van der Waals surface area contributed by atoms with Gasteiger partial charge in [0.25, 0.3) is 0 Å². The molecule has 0 aliphatic heterocycles. The Morgan fingerprint density at radius 3 is 2.95 bits per heavy atom. The summed E-state index contributed by atoms with van der Waals surface area (Å²) in [6, 6.07) is 10.4. The van der Waals surface area contributed by atoms with Crippen molar-refractivity contribution in [3.8, 4) is 0 Å². The summed E-state index contributed by atoms with van der Waals surface area (Å²) in [5, 5.41) is 3.28. The maximum Gasteiger partial charge on any atom is 0.123 e. The van der Waals surface area contributed by atoms with Gasteiger partial charge in [0.15, 0.2) is 0 Å². The SMILES string of the molecule is Fc1cccc(Cn2ccnc2CNCc2ccco2)c1. The molecule has 0 spiro atoms. The number of benzene rings is 1. The van der Waals surface area contributed by atoms with Crippen molar-refractivity contribution in [2.45, 2.75) is 19.6 Å². The largest absolute Gasteiger partial charge is 0.468 e. The molecular weight excluding hydrogens is 269 g/mol. The third-order valence-electron chi connectivity index (χ3n) is 3.21. The molecule has 108 valence electrons. The highest BCUT2D eigenvalue weighted by molar-refractivity contribution is 5.17. The summed E-state index contributed by atoms with van der Waals surface area (Å²) in [7, 11) is 0. The van der Waals surface area contributed by atoms with E-state index in [1.807, 2.05) is 29.0 Å². The van der Waals surface area contributed by atoms with Crippen molar-refractivity contribution < 1.29 is 8.81 Å².